The summed E-state index contributed by atoms with van der Waals surface area (Å²) < 4.78 is 18.0. The van der Waals surface area contributed by atoms with E-state index in [0.29, 0.717) is 36.5 Å². The zero-order valence-corrected chi connectivity index (χ0v) is 28.0. The van der Waals surface area contributed by atoms with Crippen LogP contribution in [0.4, 0.5) is 11.5 Å². The Morgan fingerprint density at radius 3 is 2.59 bits per heavy atom. The van der Waals surface area contributed by atoms with Crippen LogP contribution in [0.1, 0.15) is 50.5 Å². The highest BCUT2D eigenvalue weighted by Gasteiger charge is 2.45. The van der Waals surface area contributed by atoms with E-state index in [1.54, 1.807) is 31.1 Å². The number of likely N-dealkylation sites (N-methyl/N-ethyl adjacent to an activating group) is 1. The van der Waals surface area contributed by atoms with Crippen LogP contribution in [0, 0.1) is 12.8 Å². The number of nitrogens with zero attached hydrogens (tertiary/aromatic N) is 3. The van der Waals surface area contributed by atoms with Crippen LogP contribution in [-0.2, 0) is 30.1 Å². The summed E-state index contributed by atoms with van der Waals surface area (Å²) in [5.41, 5.74) is 1.84. The van der Waals surface area contributed by atoms with Gasteiger partial charge in [0.2, 0.25) is 5.91 Å². The van der Waals surface area contributed by atoms with Gasteiger partial charge in [0.25, 0.3) is 5.91 Å². The molecule has 44 heavy (non-hydrogen) atoms. The highest BCUT2D eigenvalue weighted by molar-refractivity contribution is 6.70. The van der Waals surface area contributed by atoms with Crippen LogP contribution in [0.2, 0.25) is 19.6 Å². The lowest BCUT2D eigenvalue weighted by atomic mass is 10.0. The fraction of sp³-hybridized carbons (Fsp3) is 0.455. The average Bonchev–Trinajstić information content (AvgIpc) is 3.24. The van der Waals surface area contributed by atoms with Crippen LogP contribution in [0.5, 0.6) is 0 Å². The predicted octanol–water partition coefficient (Wildman–Crippen LogP) is 6.11. The smallest absolute Gasteiger partial charge is 0.310 e. The van der Waals surface area contributed by atoms with Crippen LogP contribution in [0.15, 0.2) is 47.0 Å². The molecule has 0 fully saturated rings. The molecule has 11 heteroatoms. The molecule has 1 aliphatic heterocycles. The Balaban J connectivity index is 1.55. The van der Waals surface area contributed by atoms with Crippen molar-refractivity contribution in [2.75, 3.05) is 30.5 Å². The van der Waals surface area contributed by atoms with Crippen LogP contribution in [0.3, 0.4) is 0 Å². The first-order chi connectivity index (χ1) is 20.8. The maximum atomic E-state index is 13.9. The monoisotopic (exact) mass is 620 g/mol. The van der Waals surface area contributed by atoms with Crippen molar-refractivity contribution in [1.82, 2.24) is 9.88 Å². The molecule has 0 bridgehead atoms. The molecule has 3 aromatic rings. The molecule has 0 radical (unpaired) electrons. The Labute approximate surface area is 260 Å². The van der Waals surface area contributed by atoms with Crippen molar-refractivity contribution in [3.63, 3.8) is 0 Å². The van der Waals surface area contributed by atoms with E-state index in [0.717, 1.165) is 22.3 Å². The zero-order chi connectivity index (χ0) is 32.2. The number of rotatable bonds is 11. The lowest BCUT2D eigenvalue weighted by Crippen LogP contribution is -2.56. The van der Waals surface area contributed by atoms with Crippen molar-refractivity contribution >= 4 is 54.7 Å². The van der Waals surface area contributed by atoms with Gasteiger partial charge >= 0.3 is 5.97 Å². The fourth-order valence-electron chi connectivity index (χ4n) is 5.34. The Morgan fingerprint density at radius 2 is 1.93 bits per heavy atom. The van der Waals surface area contributed by atoms with Gasteiger partial charge in [-0.3, -0.25) is 19.3 Å². The van der Waals surface area contributed by atoms with Gasteiger partial charge in [0, 0.05) is 30.3 Å². The molecule has 1 unspecified atom stereocenters. The van der Waals surface area contributed by atoms with Gasteiger partial charge in [0.1, 0.15) is 11.3 Å². The van der Waals surface area contributed by atoms with Crippen LogP contribution in [-0.4, -0.2) is 61.9 Å². The molecule has 236 valence electrons. The van der Waals surface area contributed by atoms with E-state index in [1.165, 1.54) is 11.0 Å². The number of hydrogen-bond donors (Lipinski definition) is 1. The van der Waals surface area contributed by atoms with E-state index >= 15 is 0 Å². The summed E-state index contributed by atoms with van der Waals surface area (Å²) in [6, 6.07) is 9.62. The maximum absolute atomic E-state index is 13.9. The molecule has 1 N–H and O–H groups in total. The number of fused-ring (bicyclic) bond motifs is 2. The van der Waals surface area contributed by atoms with Crippen LogP contribution < -0.4 is 10.2 Å². The number of amides is 2. The SMILES string of the molecule is CCC(CC)C(=O)OCN1C(=O)C(C)(O[Si](C)(C)C)CNc2cc(/C=C/C(=O)N(C)Cc3oc4ccccc4c3C)cnc21. The molecule has 1 aliphatic rings. The van der Waals surface area contributed by atoms with Gasteiger partial charge in [-0.25, -0.2) is 4.98 Å². The molecule has 0 saturated carbocycles. The number of benzene rings is 1. The quantitative estimate of drug-likeness (QED) is 0.155. The molecule has 1 atom stereocenters. The van der Waals surface area contributed by atoms with E-state index in [2.05, 4.69) is 10.3 Å². The van der Waals surface area contributed by atoms with Gasteiger partial charge < -0.3 is 23.8 Å². The lowest BCUT2D eigenvalue weighted by molar-refractivity contribution is -0.150. The summed E-state index contributed by atoms with van der Waals surface area (Å²) in [5, 5.41) is 4.36. The van der Waals surface area contributed by atoms with Crippen molar-refractivity contribution in [3.8, 4) is 0 Å². The van der Waals surface area contributed by atoms with E-state index in [1.807, 2.05) is 70.7 Å². The number of aromatic nitrogens is 1. The number of nitrogens with one attached hydrogen (secondary N) is 1. The summed E-state index contributed by atoms with van der Waals surface area (Å²) in [4.78, 5) is 47.2. The zero-order valence-electron chi connectivity index (χ0n) is 27.0. The Bertz CT molecular complexity index is 1560. The molecule has 0 spiro atoms. The number of para-hydroxylation sites is 1. The Hall–Kier alpha value is -3.96. The van der Waals surface area contributed by atoms with Crippen molar-refractivity contribution in [2.24, 2.45) is 5.92 Å². The number of furan rings is 1. The largest absolute Gasteiger partial charge is 0.459 e. The Morgan fingerprint density at radius 1 is 1.23 bits per heavy atom. The second-order valence-corrected chi connectivity index (χ2v) is 16.9. The lowest BCUT2D eigenvalue weighted by Gasteiger charge is -2.36. The van der Waals surface area contributed by atoms with Crippen LogP contribution in [0.25, 0.3) is 17.0 Å². The highest BCUT2D eigenvalue weighted by Crippen LogP contribution is 2.34. The van der Waals surface area contributed by atoms with Crippen molar-refractivity contribution < 1.29 is 28.0 Å². The maximum Gasteiger partial charge on any atom is 0.310 e. The second-order valence-electron chi connectivity index (χ2n) is 12.5. The van der Waals surface area contributed by atoms with E-state index < -0.39 is 13.9 Å². The molecule has 2 aromatic heterocycles. The number of carbonyl (C=O) groups excluding carboxylic acids is 3. The summed E-state index contributed by atoms with van der Waals surface area (Å²) >= 11 is 0. The van der Waals surface area contributed by atoms with Gasteiger partial charge in [-0.15, -0.1) is 0 Å². The van der Waals surface area contributed by atoms with E-state index in [-0.39, 0.29) is 37.0 Å². The molecular formula is C33H44N4O6Si. The summed E-state index contributed by atoms with van der Waals surface area (Å²) in [5.74, 6) is -0.0626. The molecule has 10 nitrogen and oxygen atoms in total. The summed E-state index contributed by atoms with van der Waals surface area (Å²) in [7, 11) is -0.429. The third kappa shape index (κ3) is 7.39. The molecule has 3 heterocycles. The third-order valence-electron chi connectivity index (χ3n) is 7.76. The second kappa shape index (κ2) is 13.4. The summed E-state index contributed by atoms with van der Waals surface area (Å²) in [6.45, 7) is 13.9. The summed E-state index contributed by atoms with van der Waals surface area (Å²) in [6.07, 6.45) is 6.05. The highest BCUT2D eigenvalue weighted by atomic mass is 28.4. The number of anilines is 2. The number of hydrogen-bond acceptors (Lipinski definition) is 8. The Kier molecular flexibility index (Phi) is 10.00. The average molecular weight is 621 g/mol. The number of pyridine rings is 1. The molecule has 2 amide bonds. The number of esters is 1. The minimum atomic E-state index is -2.15. The van der Waals surface area contributed by atoms with Crippen molar-refractivity contribution in [2.45, 2.75) is 72.3 Å². The topological polar surface area (TPSA) is 114 Å². The molecule has 0 aliphatic carbocycles. The predicted molar refractivity (Wildman–Crippen MR) is 175 cm³/mol. The van der Waals surface area contributed by atoms with Crippen LogP contribution >= 0.6 is 0 Å². The third-order valence-corrected chi connectivity index (χ3v) is 8.82. The first kappa shape index (κ1) is 32.9. The van der Waals surface area contributed by atoms with Crippen molar-refractivity contribution in [3.05, 3.63) is 59.5 Å². The number of aryl methyl sites for hydroxylation is 1. The minimum absolute atomic E-state index is 0.200. The molecule has 4 rings (SSSR count). The first-order valence-corrected chi connectivity index (χ1v) is 18.5. The molecule has 0 saturated heterocycles. The van der Waals surface area contributed by atoms with E-state index in [9.17, 15) is 14.4 Å². The minimum Gasteiger partial charge on any atom is -0.459 e. The van der Waals surface area contributed by atoms with Gasteiger partial charge in [0.15, 0.2) is 26.5 Å². The molecule has 1 aromatic carbocycles. The van der Waals surface area contributed by atoms with Gasteiger partial charge in [-0.1, -0.05) is 32.0 Å². The standard InChI is InChI=1S/C33H44N4O6Si/c1-9-24(10-2)31(39)41-21-37-30-26(35-20-33(4,32(37)40)43-44(6,7)8)17-23(18-34-30)15-16-29(38)36(5)19-28-22(3)25-13-11-12-14-27(25)42-28/h11-18,24,35H,9-10,19-21H2,1-8H3/b16-15+. The van der Waals surface area contributed by atoms with Gasteiger partial charge in [-0.2, -0.15) is 0 Å². The number of carbonyl (C=O) groups is 3. The van der Waals surface area contributed by atoms with Crippen molar-refractivity contribution in [1.29, 1.82) is 0 Å². The number of ether oxygens (including phenoxy) is 1. The molecular weight excluding hydrogens is 576 g/mol. The van der Waals surface area contributed by atoms with E-state index in [4.69, 9.17) is 13.6 Å². The van der Waals surface area contributed by atoms with Gasteiger partial charge in [0.05, 0.1) is 24.7 Å². The first-order valence-electron chi connectivity index (χ1n) is 15.1. The normalized spacial score (nSPS) is 17.1. The fourth-order valence-corrected chi connectivity index (χ4v) is 6.85. The van der Waals surface area contributed by atoms with Gasteiger partial charge in [-0.05, 0) is 70.1 Å².